The Morgan fingerprint density at radius 1 is 1.30 bits per heavy atom. The molecule has 0 spiro atoms. The molecule has 0 amide bonds. The highest BCUT2D eigenvalue weighted by Crippen LogP contribution is 2.49. The van der Waals surface area contributed by atoms with Gasteiger partial charge in [0.25, 0.3) is 0 Å². The van der Waals surface area contributed by atoms with E-state index in [4.69, 9.17) is 16.1 Å². The molecule has 0 bridgehead atoms. The van der Waals surface area contributed by atoms with Gasteiger partial charge in [0.1, 0.15) is 28.6 Å². The average Bonchev–Trinajstić information content (AvgIpc) is 3.42. The smallest absolute Gasteiger partial charge is 0.146 e. The SMILES string of the molecule is Cc1c(-c2cc(C3CC3)on2)c2c(Cl)ncnc2n1C1(C)CC1. The molecule has 0 radical (unpaired) electrons. The van der Waals surface area contributed by atoms with E-state index in [0.29, 0.717) is 11.1 Å². The molecule has 2 fully saturated rings. The molecular weight excluding hydrogens is 312 g/mol. The highest BCUT2D eigenvalue weighted by Gasteiger charge is 2.43. The lowest BCUT2D eigenvalue weighted by Crippen LogP contribution is -2.14. The van der Waals surface area contributed by atoms with Crippen molar-refractivity contribution in [2.45, 2.75) is 51.0 Å². The summed E-state index contributed by atoms with van der Waals surface area (Å²) in [6, 6.07) is 2.06. The van der Waals surface area contributed by atoms with Gasteiger partial charge in [-0.2, -0.15) is 0 Å². The maximum atomic E-state index is 6.43. The zero-order chi connectivity index (χ0) is 15.8. The van der Waals surface area contributed by atoms with Crippen LogP contribution in [0.1, 0.15) is 50.0 Å². The van der Waals surface area contributed by atoms with E-state index in [2.05, 4.69) is 39.6 Å². The van der Waals surface area contributed by atoms with Gasteiger partial charge >= 0.3 is 0 Å². The van der Waals surface area contributed by atoms with Gasteiger partial charge in [-0.3, -0.25) is 0 Å². The van der Waals surface area contributed by atoms with Gasteiger partial charge in [-0.05, 0) is 39.5 Å². The predicted molar refractivity (Wildman–Crippen MR) is 87.6 cm³/mol. The highest BCUT2D eigenvalue weighted by molar-refractivity contribution is 6.35. The number of rotatable bonds is 3. The highest BCUT2D eigenvalue weighted by atomic mass is 35.5. The third-order valence-corrected chi connectivity index (χ3v) is 5.50. The van der Waals surface area contributed by atoms with Crippen molar-refractivity contribution in [1.82, 2.24) is 19.7 Å². The number of aromatic nitrogens is 4. The molecule has 3 aromatic rings. The van der Waals surface area contributed by atoms with Gasteiger partial charge in [-0.1, -0.05) is 16.8 Å². The molecule has 5 rings (SSSR count). The molecule has 0 saturated heterocycles. The van der Waals surface area contributed by atoms with Gasteiger partial charge in [0.15, 0.2) is 0 Å². The number of hydrogen-bond acceptors (Lipinski definition) is 4. The molecule has 0 atom stereocenters. The standard InChI is InChI=1S/C17H17ClN4O/c1-9-13(11-7-12(23-21-11)10-3-4-10)14-15(18)19-8-20-16(14)22(9)17(2)5-6-17/h7-8,10H,3-6H2,1-2H3. The molecule has 0 aliphatic heterocycles. The van der Waals surface area contributed by atoms with E-state index in [9.17, 15) is 0 Å². The van der Waals surface area contributed by atoms with Crippen LogP contribution >= 0.6 is 11.6 Å². The molecule has 2 aliphatic rings. The van der Waals surface area contributed by atoms with Crippen LogP contribution in [0.15, 0.2) is 16.9 Å². The first-order valence-corrected chi connectivity index (χ1v) is 8.45. The number of nitrogens with zero attached hydrogens (tertiary/aromatic N) is 4. The van der Waals surface area contributed by atoms with Crippen LogP contribution in [0.5, 0.6) is 0 Å². The zero-order valence-electron chi connectivity index (χ0n) is 13.1. The molecule has 0 unspecified atom stereocenters. The van der Waals surface area contributed by atoms with Gasteiger partial charge in [-0.15, -0.1) is 0 Å². The van der Waals surface area contributed by atoms with Crippen LogP contribution < -0.4 is 0 Å². The molecule has 2 saturated carbocycles. The Hall–Kier alpha value is -1.88. The van der Waals surface area contributed by atoms with Crippen LogP contribution in [0, 0.1) is 6.92 Å². The van der Waals surface area contributed by atoms with E-state index in [1.165, 1.54) is 19.2 Å². The van der Waals surface area contributed by atoms with Crippen LogP contribution in [-0.2, 0) is 5.54 Å². The summed E-state index contributed by atoms with van der Waals surface area (Å²) in [6.45, 7) is 4.38. The van der Waals surface area contributed by atoms with E-state index < -0.39 is 0 Å². The predicted octanol–water partition coefficient (Wildman–Crippen LogP) is 4.43. The van der Waals surface area contributed by atoms with Crippen LogP contribution in [0.3, 0.4) is 0 Å². The van der Waals surface area contributed by atoms with E-state index in [1.807, 2.05) is 0 Å². The molecule has 6 heteroatoms. The summed E-state index contributed by atoms with van der Waals surface area (Å²) in [5.74, 6) is 1.52. The summed E-state index contributed by atoms with van der Waals surface area (Å²) in [4.78, 5) is 8.71. The Bertz CT molecular complexity index is 934. The van der Waals surface area contributed by atoms with Crippen molar-refractivity contribution < 1.29 is 4.52 Å². The van der Waals surface area contributed by atoms with Crippen molar-refractivity contribution in [3.05, 3.63) is 29.0 Å². The summed E-state index contributed by atoms with van der Waals surface area (Å²) < 4.78 is 7.86. The van der Waals surface area contributed by atoms with E-state index >= 15 is 0 Å². The van der Waals surface area contributed by atoms with Gasteiger partial charge < -0.3 is 9.09 Å². The summed E-state index contributed by atoms with van der Waals surface area (Å²) in [7, 11) is 0. The normalized spacial score (nSPS) is 19.4. The van der Waals surface area contributed by atoms with Crippen LogP contribution in [0.25, 0.3) is 22.3 Å². The molecule has 2 aliphatic carbocycles. The van der Waals surface area contributed by atoms with E-state index in [1.54, 1.807) is 0 Å². The van der Waals surface area contributed by atoms with Crippen LogP contribution in [0.2, 0.25) is 5.15 Å². The minimum atomic E-state index is 0.126. The topological polar surface area (TPSA) is 56.7 Å². The Morgan fingerprint density at radius 2 is 2.09 bits per heavy atom. The Kier molecular flexibility index (Phi) is 2.56. The van der Waals surface area contributed by atoms with Gasteiger partial charge in [0, 0.05) is 28.8 Å². The van der Waals surface area contributed by atoms with Crippen LogP contribution in [-0.4, -0.2) is 19.7 Å². The van der Waals surface area contributed by atoms with E-state index in [0.717, 1.165) is 46.6 Å². The Morgan fingerprint density at radius 3 is 2.78 bits per heavy atom. The van der Waals surface area contributed by atoms with Gasteiger partial charge in [0.2, 0.25) is 0 Å². The first-order valence-electron chi connectivity index (χ1n) is 8.07. The minimum Gasteiger partial charge on any atom is -0.360 e. The molecule has 3 heterocycles. The van der Waals surface area contributed by atoms with Crippen molar-refractivity contribution in [2.24, 2.45) is 0 Å². The molecule has 5 nitrogen and oxygen atoms in total. The third-order valence-electron chi connectivity index (χ3n) is 5.22. The molecular formula is C17H17ClN4O. The maximum absolute atomic E-state index is 6.43. The fraction of sp³-hybridized carbons (Fsp3) is 0.471. The van der Waals surface area contributed by atoms with Gasteiger partial charge in [-0.25, -0.2) is 9.97 Å². The van der Waals surface area contributed by atoms with Crippen molar-refractivity contribution in [3.63, 3.8) is 0 Å². The molecule has 3 aromatic heterocycles. The quantitative estimate of drug-likeness (QED) is 0.667. The lowest BCUT2D eigenvalue weighted by atomic mass is 10.1. The molecule has 0 aromatic carbocycles. The maximum Gasteiger partial charge on any atom is 0.146 e. The summed E-state index contributed by atoms with van der Waals surface area (Å²) in [5, 5.41) is 5.68. The minimum absolute atomic E-state index is 0.126. The Balaban J connectivity index is 1.81. The third kappa shape index (κ3) is 1.89. The second-order valence-electron chi connectivity index (χ2n) is 7.04. The first-order chi connectivity index (χ1) is 11.1. The number of halogens is 1. The second kappa shape index (κ2) is 4.35. The van der Waals surface area contributed by atoms with Crippen molar-refractivity contribution in [2.75, 3.05) is 0 Å². The average molecular weight is 329 g/mol. The summed E-state index contributed by atoms with van der Waals surface area (Å²) >= 11 is 6.43. The van der Waals surface area contributed by atoms with Crippen molar-refractivity contribution >= 4 is 22.6 Å². The monoisotopic (exact) mass is 328 g/mol. The van der Waals surface area contributed by atoms with Gasteiger partial charge in [0.05, 0.1) is 5.39 Å². The Labute approximate surface area is 138 Å². The number of fused-ring (bicyclic) bond motifs is 1. The fourth-order valence-electron chi connectivity index (χ4n) is 3.54. The fourth-order valence-corrected chi connectivity index (χ4v) is 3.76. The zero-order valence-corrected chi connectivity index (χ0v) is 13.9. The van der Waals surface area contributed by atoms with Crippen molar-refractivity contribution in [3.8, 4) is 11.3 Å². The lowest BCUT2D eigenvalue weighted by Gasteiger charge is -2.15. The molecule has 23 heavy (non-hydrogen) atoms. The van der Waals surface area contributed by atoms with Crippen molar-refractivity contribution in [1.29, 1.82) is 0 Å². The number of hydrogen-bond donors (Lipinski definition) is 0. The first kappa shape index (κ1) is 13.5. The largest absolute Gasteiger partial charge is 0.360 e. The molecule has 118 valence electrons. The summed E-state index contributed by atoms with van der Waals surface area (Å²) in [6.07, 6.45) is 6.23. The van der Waals surface area contributed by atoms with E-state index in [-0.39, 0.29) is 5.54 Å². The second-order valence-corrected chi connectivity index (χ2v) is 7.40. The summed E-state index contributed by atoms with van der Waals surface area (Å²) in [5.41, 5.74) is 4.01. The molecule has 0 N–H and O–H groups in total. The lowest BCUT2D eigenvalue weighted by molar-refractivity contribution is 0.386. The van der Waals surface area contributed by atoms with Crippen LogP contribution in [0.4, 0.5) is 0 Å².